The van der Waals surface area contributed by atoms with Crippen LogP contribution in [0.25, 0.3) is 28.2 Å². The second-order valence-corrected chi connectivity index (χ2v) is 10.3. The van der Waals surface area contributed by atoms with Crippen molar-refractivity contribution in [1.82, 2.24) is 14.6 Å². The molecule has 5 rings (SSSR count). The first-order chi connectivity index (χ1) is 17.0. The molecule has 0 bridgehead atoms. The Labute approximate surface area is 210 Å². The minimum atomic E-state index is -0.949. The van der Waals surface area contributed by atoms with E-state index in [4.69, 9.17) is 10.2 Å². The molecule has 0 amide bonds. The van der Waals surface area contributed by atoms with Crippen molar-refractivity contribution in [3.8, 4) is 22.5 Å². The second kappa shape index (κ2) is 10.2. The van der Waals surface area contributed by atoms with Gasteiger partial charge in [-0.2, -0.15) is 5.10 Å². The molecule has 2 aromatic carbocycles. The summed E-state index contributed by atoms with van der Waals surface area (Å²) >= 11 is 0. The maximum absolute atomic E-state index is 13.5. The molecule has 7 heteroatoms. The Morgan fingerprint density at radius 2 is 1.61 bits per heavy atom. The summed E-state index contributed by atoms with van der Waals surface area (Å²) < 4.78 is 15.2. The smallest absolute Gasteiger partial charge is 0.307 e. The van der Waals surface area contributed by atoms with Crippen molar-refractivity contribution in [2.24, 2.45) is 0 Å². The number of fused-ring (bicyclic) bond motifs is 2. The minimum absolute atomic E-state index is 0.185. The Balaban J connectivity index is 0.000000556. The molecule has 2 heterocycles. The second-order valence-electron chi connectivity index (χ2n) is 10.3. The minimum Gasteiger partial charge on any atom is -0.481 e. The number of aromatic nitrogens is 3. The third-order valence-corrected chi connectivity index (χ3v) is 6.00. The number of carboxylic acids is 1. The molecule has 36 heavy (non-hydrogen) atoms. The maximum atomic E-state index is 13.5. The van der Waals surface area contributed by atoms with Gasteiger partial charge in [0.1, 0.15) is 5.82 Å². The van der Waals surface area contributed by atoms with Crippen LogP contribution in [0.3, 0.4) is 0 Å². The van der Waals surface area contributed by atoms with Crippen LogP contribution >= 0.6 is 0 Å². The van der Waals surface area contributed by atoms with Crippen LogP contribution in [0.15, 0.2) is 48.5 Å². The van der Waals surface area contributed by atoms with E-state index in [0.717, 1.165) is 24.1 Å². The number of benzene rings is 2. The molecule has 0 saturated heterocycles. The van der Waals surface area contributed by atoms with Crippen molar-refractivity contribution in [1.29, 1.82) is 0 Å². The molecule has 0 fully saturated rings. The third kappa shape index (κ3) is 5.97. The van der Waals surface area contributed by atoms with Gasteiger partial charge in [0, 0.05) is 28.5 Å². The van der Waals surface area contributed by atoms with E-state index >= 15 is 0 Å². The highest BCUT2D eigenvalue weighted by Crippen LogP contribution is 2.31. The highest BCUT2D eigenvalue weighted by molar-refractivity contribution is 5.78. The van der Waals surface area contributed by atoms with Crippen LogP contribution in [0.1, 0.15) is 56.0 Å². The Kier molecular flexibility index (Phi) is 7.22. The Hall–Kier alpha value is -3.58. The van der Waals surface area contributed by atoms with E-state index in [1.54, 1.807) is 44.3 Å². The zero-order chi connectivity index (χ0) is 26.0. The summed E-state index contributed by atoms with van der Waals surface area (Å²) in [6.45, 7) is 7.03. The molecule has 4 aromatic rings. The highest BCUT2D eigenvalue weighted by atomic mass is 19.1. The quantitative estimate of drug-likeness (QED) is 0.379. The standard InChI is InChI=1S/C25H22FN3O2.C4H10O/c1-15-21(13-24(30)31)25(17-8-10-20(26)11-9-17)29-23(27-15)14-22(28-29)19-7-6-16-4-2-3-5-18(16)12-19;1-4(2,3)5/h6-12,14H,2-5,13H2,1H3,(H,30,31);5H,1-3H3. The van der Waals surface area contributed by atoms with Gasteiger partial charge in [0.05, 0.1) is 23.4 Å². The summed E-state index contributed by atoms with van der Waals surface area (Å²) in [4.78, 5) is 16.2. The predicted octanol–water partition coefficient (Wildman–Crippen LogP) is 5.79. The van der Waals surface area contributed by atoms with Crippen molar-refractivity contribution < 1.29 is 19.4 Å². The first kappa shape index (κ1) is 25.5. The number of hydrogen-bond acceptors (Lipinski definition) is 4. The summed E-state index contributed by atoms with van der Waals surface area (Å²) in [5.41, 5.74) is 7.27. The van der Waals surface area contributed by atoms with Crippen LogP contribution in [0.5, 0.6) is 0 Å². The molecule has 0 atom stereocenters. The number of aliphatic carboxylic acids is 1. The fourth-order valence-electron chi connectivity index (χ4n) is 4.45. The summed E-state index contributed by atoms with van der Waals surface area (Å²) in [5.74, 6) is -1.30. The third-order valence-electron chi connectivity index (χ3n) is 6.00. The summed E-state index contributed by atoms with van der Waals surface area (Å²) in [7, 11) is 0. The Morgan fingerprint density at radius 1 is 1.00 bits per heavy atom. The lowest BCUT2D eigenvalue weighted by molar-refractivity contribution is -0.136. The van der Waals surface area contributed by atoms with Crippen molar-refractivity contribution in [3.05, 3.63) is 76.7 Å². The average molecular weight is 490 g/mol. The zero-order valence-corrected chi connectivity index (χ0v) is 21.2. The first-order valence-corrected chi connectivity index (χ1v) is 12.2. The van der Waals surface area contributed by atoms with Gasteiger partial charge in [-0.25, -0.2) is 13.9 Å². The molecule has 1 aliphatic carbocycles. The van der Waals surface area contributed by atoms with Gasteiger partial charge >= 0.3 is 5.97 Å². The Bertz CT molecular complexity index is 1400. The number of rotatable bonds is 4. The predicted molar refractivity (Wildman–Crippen MR) is 139 cm³/mol. The lowest BCUT2D eigenvalue weighted by Crippen LogP contribution is -2.10. The van der Waals surface area contributed by atoms with Crippen LogP contribution in [0.4, 0.5) is 4.39 Å². The fourth-order valence-corrected chi connectivity index (χ4v) is 4.45. The number of carboxylic acid groups (broad SMARTS) is 1. The van der Waals surface area contributed by atoms with E-state index < -0.39 is 11.6 Å². The van der Waals surface area contributed by atoms with Gasteiger partial charge in [-0.15, -0.1) is 0 Å². The van der Waals surface area contributed by atoms with Crippen molar-refractivity contribution in [2.75, 3.05) is 0 Å². The van der Waals surface area contributed by atoms with Gasteiger partial charge in [-0.3, -0.25) is 4.79 Å². The first-order valence-electron chi connectivity index (χ1n) is 12.2. The number of halogens is 1. The highest BCUT2D eigenvalue weighted by Gasteiger charge is 2.20. The topological polar surface area (TPSA) is 87.7 Å². The van der Waals surface area contributed by atoms with Crippen LogP contribution in [0, 0.1) is 12.7 Å². The van der Waals surface area contributed by atoms with Gasteiger partial charge < -0.3 is 10.2 Å². The normalized spacial score (nSPS) is 13.2. The van der Waals surface area contributed by atoms with Crippen molar-refractivity contribution in [2.45, 2.75) is 65.4 Å². The molecule has 2 aromatic heterocycles. The molecule has 0 spiro atoms. The molecule has 6 nitrogen and oxygen atoms in total. The van der Waals surface area contributed by atoms with Gasteiger partial charge in [0.15, 0.2) is 5.65 Å². The van der Waals surface area contributed by atoms with Gasteiger partial charge in [-0.05, 0) is 94.8 Å². The molecular weight excluding hydrogens is 457 g/mol. The number of hydrogen-bond donors (Lipinski definition) is 2. The van der Waals surface area contributed by atoms with Crippen LogP contribution in [0.2, 0.25) is 0 Å². The zero-order valence-electron chi connectivity index (χ0n) is 21.2. The van der Waals surface area contributed by atoms with Crippen molar-refractivity contribution in [3.63, 3.8) is 0 Å². The van der Waals surface area contributed by atoms with E-state index in [1.807, 2.05) is 6.07 Å². The lowest BCUT2D eigenvalue weighted by atomic mass is 9.90. The fraction of sp³-hybridized carbons (Fsp3) is 0.345. The summed E-state index contributed by atoms with van der Waals surface area (Å²) in [6, 6.07) is 14.4. The largest absolute Gasteiger partial charge is 0.481 e. The van der Waals surface area contributed by atoms with Gasteiger partial charge in [-0.1, -0.05) is 12.1 Å². The SMILES string of the molecule is CC(C)(C)O.Cc1nc2cc(-c3ccc4c(c3)CCCC4)nn2c(-c2ccc(F)cc2)c1CC(=O)O. The molecule has 0 saturated carbocycles. The molecule has 2 N–H and O–H groups in total. The lowest BCUT2D eigenvalue weighted by Gasteiger charge is -2.16. The number of carbonyl (C=O) groups is 1. The van der Waals surface area contributed by atoms with E-state index in [-0.39, 0.29) is 12.2 Å². The van der Waals surface area contributed by atoms with E-state index in [1.165, 1.54) is 36.1 Å². The average Bonchev–Trinajstić information content (AvgIpc) is 3.22. The number of aryl methyl sites for hydroxylation is 3. The molecule has 1 aliphatic rings. The molecule has 0 aliphatic heterocycles. The molecular formula is C29H32FN3O3. The van der Waals surface area contributed by atoms with Gasteiger partial charge in [0.2, 0.25) is 0 Å². The summed E-state index contributed by atoms with van der Waals surface area (Å²) in [5, 5.41) is 22.8. The summed E-state index contributed by atoms with van der Waals surface area (Å²) in [6.07, 6.45) is 4.45. The van der Waals surface area contributed by atoms with Gasteiger partial charge in [0.25, 0.3) is 0 Å². The van der Waals surface area contributed by atoms with E-state index in [0.29, 0.717) is 28.2 Å². The molecule has 188 valence electrons. The number of aliphatic hydroxyl groups is 1. The van der Waals surface area contributed by atoms with Crippen LogP contribution in [-0.2, 0) is 24.1 Å². The monoisotopic (exact) mass is 489 g/mol. The number of nitrogens with zero attached hydrogens (tertiary/aromatic N) is 3. The molecule has 0 unspecified atom stereocenters. The van der Waals surface area contributed by atoms with Crippen molar-refractivity contribution >= 4 is 11.6 Å². The van der Waals surface area contributed by atoms with E-state index in [2.05, 4.69) is 23.2 Å². The maximum Gasteiger partial charge on any atom is 0.307 e. The van der Waals surface area contributed by atoms with Crippen LogP contribution < -0.4 is 0 Å². The van der Waals surface area contributed by atoms with Crippen LogP contribution in [-0.4, -0.2) is 36.4 Å². The Morgan fingerprint density at radius 3 is 2.25 bits per heavy atom. The van der Waals surface area contributed by atoms with E-state index in [9.17, 15) is 14.3 Å². The molecule has 0 radical (unpaired) electrons.